The van der Waals surface area contributed by atoms with Crippen molar-refractivity contribution < 1.29 is 37.2 Å². The summed E-state index contributed by atoms with van der Waals surface area (Å²) in [6.07, 6.45) is -5.37. The van der Waals surface area contributed by atoms with E-state index in [9.17, 15) is 32.9 Å². The van der Waals surface area contributed by atoms with Gasteiger partial charge in [-0.3, -0.25) is 24.8 Å². The summed E-state index contributed by atoms with van der Waals surface area (Å²) in [5, 5.41) is 11.5. The maximum atomic E-state index is 14.5. The first kappa shape index (κ1) is 28.9. The lowest BCUT2D eigenvalue weighted by Gasteiger charge is -2.35. The average molecular weight is 560 g/mol. The number of hydrogen-bond donors (Lipinski definition) is 0. The molecular weight excluding hydrogens is 531 g/mol. The lowest BCUT2D eigenvalue weighted by molar-refractivity contribution is -0.384. The normalized spacial score (nSPS) is 23.5. The number of methoxy groups -OCH3 is 1. The van der Waals surface area contributed by atoms with Crippen molar-refractivity contribution in [3.05, 3.63) is 87.1 Å². The molecular formula is C28H28F3N3O6. The molecule has 0 radical (unpaired) electrons. The van der Waals surface area contributed by atoms with Crippen molar-refractivity contribution in [2.45, 2.75) is 44.5 Å². The molecule has 2 aromatic rings. The molecule has 12 heteroatoms. The number of likely N-dealkylation sites (tertiary alicyclic amines) is 1. The number of non-ortho nitro benzene ring substituents is 1. The quantitative estimate of drug-likeness (QED) is 0.268. The number of rotatable bonds is 7. The van der Waals surface area contributed by atoms with Crippen LogP contribution in [0.5, 0.6) is 0 Å². The Hall–Kier alpha value is -4.06. The number of ether oxygens (including phenoxy) is 2. The Morgan fingerprint density at radius 3 is 2.48 bits per heavy atom. The Bertz CT molecular complexity index is 1370. The van der Waals surface area contributed by atoms with E-state index in [0.717, 1.165) is 12.7 Å². The van der Waals surface area contributed by atoms with Crippen LogP contribution in [-0.2, 0) is 25.6 Å². The van der Waals surface area contributed by atoms with Crippen LogP contribution in [0.15, 0.2) is 70.9 Å². The second kappa shape index (κ2) is 11.2. The molecule has 0 spiro atoms. The molecule has 2 heterocycles. The van der Waals surface area contributed by atoms with Crippen molar-refractivity contribution >= 4 is 23.3 Å². The van der Waals surface area contributed by atoms with Gasteiger partial charge in [0.05, 0.1) is 17.6 Å². The molecule has 1 unspecified atom stereocenters. The van der Waals surface area contributed by atoms with Crippen LogP contribution in [0, 0.1) is 16.0 Å². The zero-order valence-corrected chi connectivity index (χ0v) is 22.1. The van der Waals surface area contributed by atoms with Crippen LogP contribution in [0.1, 0.15) is 37.3 Å². The van der Waals surface area contributed by atoms with Gasteiger partial charge in [0.1, 0.15) is 5.92 Å². The van der Waals surface area contributed by atoms with E-state index < -0.39 is 53.4 Å². The molecule has 1 saturated heterocycles. The Morgan fingerprint density at radius 1 is 1.15 bits per heavy atom. The molecule has 1 fully saturated rings. The van der Waals surface area contributed by atoms with Gasteiger partial charge in [-0.25, -0.2) is 4.79 Å². The van der Waals surface area contributed by atoms with Gasteiger partial charge in [-0.2, -0.15) is 13.2 Å². The summed E-state index contributed by atoms with van der Waals surface area (Å²) >= 11 is 0. The maximum Gasteiger partial charge on any atom is 0.429 e. The van der Waals surface area contributed by atoms with Gasteiger partial charge in [0.25, 0.3) is 5.69 Å². The van der Waals surface area contributed by atoms with E-state index in [4.69, 9.17) is 9.47 Å². The van der Waals surface area contributed by atoms with Crippen molar-refractivity contribution in [3.8, 4) is 0 Å². The molecule has 2 aliphatic rings. The monoisotopic (exact) mass is 559 g/mol. The fraction of sp³-hybridized carbons (Fsp3) is 0.393. The van der Waals surface area contributed by atoms with Crippen LogP contribution >= 0.6 is 0 Å². The molecule has 0 aliphatic carbocycles. The summed E-state index contributed by atoms with van der Waals surface area (Å²) in [5.41, 5.74) is -2.11. The summed E-state index contributed by atoms with van der Waals surface area (Å²) in [4.78, 5) is 43.2. The maximum absolute atomic E-state index is 14.5. The number of nitrogens with zero attached hydrogens (tertiary/aromatic N) is 3. The van der Waals surface area contributed by atoms with E-state index in [-0.39, 0.29) is 41.3 Å². The number of alkyl halides is 3. The minimum absolute atomic E-state index is 0.0378. The summed E-state index contributed by atoms with van der Waals surface area (Å²) in [6, 6.07) is 14.2. The predicted molar refractivity (Wildman–Crippen MR) is 138 cm³/mol. The van der Waals surface area contributed by atoms with Gasteiger partial charge in [-0.1, -0.05) is 42.5 Å². The number of hydrogen-bond acceptors (Lipinski definition) is 8. The summed E-state index contributed by atoms with van der Waals surface area (Å²) in [7, 11) is 1.13. The van der Waals surface area contributed by atoms with Crippen molar-refractivity contribution in [2.24, 2.45) is 10.9 Å². The minimum atomic E-state index is -4.89. The molecule has 9 nitrogen and oxygen atoms in total. The highest BCUT2D eigenvalue weighted by Gasteiger charge is 2.62. The molecule has 0 saturated carbocycles. The van der Waals surface area contributed by atoms with E-state index >= 15 is 0 Å². The molecule has 0 N–H and O–H groups in total. The van der Waals surface area contributed by atoms with E-state index in [1.165, 1.54) is 38.1 Å². The smallest absolute Gasteiger partial charge is 0.429 e. The van der Waals surface area contributed by atoms with Crippen LogP contribution in [0.2, 0.25) is 0 Å². The lowest BCUT2D eigenvalue weighted by Crippen LogP contribution is -2.51. The van der Waals surface area contributed by atoms with Gasteiger partial charge < -0.3 is 9.47 Å². The van der Waals surface area contributed by atoms with Crippen molar-refractivity contribution in [1.82, 2.24) is 4.90 Å². The van der Waals surface area contributed by atoms with Gasteiger partial charge in [-0.05, 0) is 25.0 Å². The van der Waals surface area contributed by atoms with Crippen LogP contribution in [0.4, 0.5) is 18.9 Å². The third kappa shape index (κ3) is 5.62. The first-order valence-corrected chi connectivity index (χ1v) is 12.5. The Balaban J connectivity index is 1.73. The highest BCUT2D eigenvalue weighted by molar-refractivity contribution is 6.07. The molecule has 40 heavy (non-hydrogen) atoms. The molecule has 0 bridgehead atoms. The molecule has 212 valence electrons. The Kier molecular flexibility index (Phi) is 8.10. The zero-order valence-electron chi connectivity index (χ0n) is 22.1. The Morgan fingerprint density at radius 2 is 1.85 bits per heavy atom. The number of benzene rings is 2. The van der Waals surface area contributed by atoms with Gasteiger partial charge >= 0.3 is 18.1 Å². The number of halogens is 3. The predicted octanol–water partition coefficient (Wildman–Crippen LogP) is 4.97. The molecule has 0 aromatic heterocycles. The van der Waals surface area contributed by atoms with Crippen LogP contribution in [-0.4, -0.2) is 59.5 Å². The summed E-state index contributed by atoms with van der Waals surface area (Å²) in [6.45, 7) is 2.65. The third-order valence-electron chi connectivity index (χ3n) is 7.31. The first-order valence-electron chi connectivity index (χ1n) is 12.5. The first-order chi connectivity index (χ1) is 18.9. The highest BCUT2D eigenvalue weighted by atomic mass is 19.4. The van der Waals surface area contributed by atoms with E-state index in [2.05, 4.69) is 4.99 Å². The summed E-state index contributed by atoms with van der Waals surface area (Å²) in [5.74, 6) is -4.52. The van der Waals surface area contributed by atoms with Crippen molar-refractivity contribution in [1.29, 1.82) is 0 Å². The number of carbonyl (C=O) groups excluding carboxylic acids is 2. The topological polar surface area (TPSA) is 111 Å². The zero-order chi connectivity index (χ0) is 29.2. The van der Waals surface area contributed by atoms with E-state index in [1.807, 2.05) is 0 Å². The second-order valence-corrected chi connectivity index (χ2v) is 9.91. The van der Waals surface area contributed by atoms with Crippen LogP contribution < -0.4 is 0 Å². The molecule has 0 amide bonds. The highest BCUT2D eigenvalue weighted by Crippen LogP contribution is 2.45. The number of nitro benzene ring substituents is 1. The second-order valence-electron chi connectivity index (χ2n) is 9.91. The summed E-state index contributed by atoms with van der Waals surface area (Å²) < 4.78 is 53.9. The number of nitro groups is 1. The lowest BCUT2D eigenvalue weighted by atomic mass is 9.75. The van der Waals surface area contributed by atoms with Gasteiger partial charge in [0.2, 0.25) is 5.60 Å². The Labute approximate surface area is 228 Å². The van der Waals surface area contributed by atoms with Gasteiger partial charge in [0.15, 0.2) is 0 Å². The average Bonchev–Trinajstić information content (AvgIpc) is 3.31. The molecule has 4 rings (SSSR count). The fourth-order valence-corrected chi connectivity index (χ4v) is 5.37. The standard InChI is InChI=1S/C28H28F3N3O6/c1-17-22(25(35)39-3)24(20-10-7-11-21(14-20)34(37)38)23(18(2)32-17)26(36)40-27(28(29,30)31)12-13-33(16-27)15-19-8-5-4-6-9-19/h4-11,14,22,24H,12-13,15-16H2,1-3H3/t22?,24-,27+/m0/s1. The number of carbonyl (C=O) groups is 2. The molecule has 2 aliphatic heterocycles. The number of allylic oxidation sites excluding steroid dienone is 1. The molecule has 3 atom stereocenters. The van der Waals surface area contributed by atoms with Crippen LogP contribution in [0.3, 0.4) is 0 Å². The van der Waals surface area contributed by atoms with Crippen LogP contribution in [0.25, 0.3) is 0 Å². The van der Waals surface area contributed by atoms with E-state index in [1.54, 1.807) is 35.2 Å². The molecule has 2 aromatic carbocycles. The SMILES string of the molecule is COC(=O)C1C(C)=NC(C)=C(C(=O)O[C@]2(C(F)(F)F)CCN(Cc3ccccc3)C2)[C@H]1c1cccc([N+](=O)[O-])c1. The van der Waals surface area contributed by atoms with Gasteiger partial charge in [-0.15, -0.1) is 0 Å². The minimum Gasteiger partial charge on any atom is -0.468 e. The van der Waals surface area contributed by atoms with E-state index in [0.29, 0.717) is 0 Å². The van der Waals surface area contributed by atoms with Crippen molar-refractivity contribution in [2.75, 3.05) is 20.2 Å². The van der Waals surface area contributed by atoms with Gasteiger partial charge in [0, 0.05) is 55.5 Å². The number of esters is 2. The number of aliphatic imine (C=N–C) groups is 1. The van der Waals surface area contributed by atoms with Crippen molar-refractivity contribution in [3.63, 3.8) is 0 Å². The fourth-order valence-electron chi connectivity index (χ4n) is 5.37. The largest absolute Gasteiger partial charge is 0.468 e. The third-order valence-corrected chi connectivity index (χ3v) is 7.31.